The Morgan fingerprint density at radius 1 is 1.17 bits per heavy atom. The topological polar surface area (TPSA) is 12.9 Å². The lowest BCUT2D eigenvalue weighted by atomic mass is 10.1. The number of benzene rings is 1. The molecule has 18 heavy (non-hydrogen) atoms. The lowest BCUT2D eigenvalue weighted by molar-refractivity contribution is 0.628. The first-order valence-electron chi connectivity index (χ1n) is 7.36. The Bertz CT molecular complexity index is 645. The molecule has 0 atom stereocenters. The van der Waals surface area contributed by atoms with Crippen molar-refractivity contribution in [3.63, 3.8) is 0 Å². The Morgan fingerprint density at radius 3 is 2.39 bits per heavy atom. The maximum absolute atomic E-state index is 13.0. The van der Waals surface area contributed by atoms with Gasteiger partial charge in [-0.3, -0.25) is 4.98 Å². The number of halogens is 1. The lowest BCUT2D eigenvalue weighted by Gasteiger charge is -2.20. The summed E-state index contributed by atoms with van der Waals surface area (Å²) in [6.45, 7) is 4.15. The Balaban J connectivity index is 2.60. The fourth-order valence-corrected chi connectivity index (χ4v) is 3.30. The summed E-state index contributed by atoms with van der Waals surface area (Å²) in [5, 5.41) is 0.872. The van der Waals surface area contributed by atoms with Gasteiger partial charge in [0.15, 0.2) is 0 Å². The summed E-state index contributed by atoms with van der Waals surface area (Å²) < 4.78 is 36.0. The van der Waals surface area contributed by atoms with E-state index in [9.17, 15) is 4.39 Å². The van der Waals surface area contributed by atoms with E-state index in [1.807, 2.05) is 6.07 Å². The number of pyridine rings is 1. The first kappa shape index (κ1) is 9.45. The molecule has 0 amide bonds. The van der Waals surface area contributed by atoms with Crippen molar-refractivity contribution < 1.29 is 8.50 Å². The highest BCUT2D eigenvalue weighted by molar-refractivity contribution is 6.89. The Labute approximate surface area is 113 Å². The monoisotopic (exact) mass is 262 g/mol. The summed E-state index contributed by atoms with van der Waals surface area (Å²) >= 11 is 0. The quantitative estimate of drug-likeness (QED) is 0.751. The zero-order chi connectivity index (χ0) is 15.8. The van der Waals surface area contributed by atoms with Crippen LogP contribution < -0.4 is 5.19 Å². The predicted molar refractivity (Wildman–Crippen MR) is 77.3 cm³/mol. The van der Waals surface area contributed by atoms with E-state index in [2.05, 4.69) is 24.6 Å². The van der Waals surface area contributed by atoms with Crippen LogP contribution in [-0.2, 0) is 0 Å². The molecule has 0 aliphatic heterocycles. The van der Waals surface area contributed by atoms with Crippen molar-refractivity contribution in [2.24, 2.45) is 0 Å². The van der Waals surface area contributed by atoms with Gasteiger partial charge in [0.2, 0.25) is 0 Å². The average molecular weight is 262 g/mol. The second-order valence-electron chi connectivity index (χ2n) is 5.37. The van der Waals surface area contributed by atoms with Gasteiger partial charge in [-0.2, -0.15) is 0 Å². The van der Waals surface area contributed by atoms with Crippen molar-refractivity contribution in [3.8, 4) is 11.3 Å². The number of hydrogen-bond acceptors (Lipinski definition) is 1. The molecule has 0 bridgehead atoms. The molecule has 0 saturated heterocycles. The van der Waals surface area contributed by atoms with Crippen LogP contribution in [-0.4, -0.2) is 13.1 Å². The van der Waals surface area contributed by atoms with E-state index >= 15 is 0 Å². The number of nitrogens with zero attached hydrogens (tertiary/aromatic N) is 1. The maximum Gasteiger partial charge on any atom is 0.123 e. The molecule has 2 rings (SSSR count). The first-order chi connectivity index (χ1) is 9.59. The summed E-state index contributed by atoms with van der Waals surface area (Å²) in [7, 11) is -1.84. The van der Waals surface area contributed by atoms with Gasteiger partial charge in [0.25, 0.3) is 0 Å². The summed E-state index contributed by atoms with van der Waals surface area (Å²) in [5.74, 6) is -0.303. The van der Waals surface area contributed by atoms with E-state index in [0.29, 0.717) is 11.3 Å². The highest BCUT2D eigenvalue weighted by atomic mass is 28.3. The van der Waals surface area contributed by atoms with Gasteiger partial charge in [0.05, 0.1) is 13.8 Å². The van der Waals surface area contributed by atoms with Crippen LogP contribution in [0.5, 0.6) is 0 Å². The highest BCUT2D eigenvalue weighted by Crippen LogP contribution is 2.18. The number of rotatable bonds is 2. The molecule has 1 aromatic heterocycles. The second kappa shape index (κ2) is 4.65. The summed E-state index contributed by atoms with van der Waals surface area (Å²) in [5.41, 5.74) is 1.79. The van der Waals surface area contributed by atoms with Gasteiger partial charge >= 0.3 is 0 Å². The Kier molecular flexibility index (Phi) is 2.44. The van der Waals surface area contributed by atoms with Crippen LogP contribution in [0.4, 0.5) is 4.39 Å². The Morgan fingerprint density at radius 2 is 1.83 bits per heavy atom. The van der Waals surface area contributed by atoms with Gasteiger partial charge in [-0.25, -0.2) is 4.39 Å². The fraction of sp³-hybridized carbons (Fsp3) is 0.267. The van der Waals surface area contributed by atoms with E-state index in [-0.39, 0.29) is 5.82 Å². The van der Waals surface area contributed by atoms with E-state index in [1.165, 1.54) is 18.3 Å². The predicted octanol–water partition coefficient (Wildman–Crippen LogP) is 3.74. The SMILES string of the molecule is [2H]C([2H])([2H])c1cnc(-c2ccc(F)cc2)cc1[Si](C)(C)C. The molecule has 2 aromatic rings. The van der Waals surface area contributed by atoms with Crippen LogP contribution in [0, 0.1) is 12.7 Å². The molecule has 1 heterocycles. The maximum atomic E-state index is 13.0. The first-order valence-corrected chi connectivity index (χ1v) is 9.36. The number of aromatic nitrogens is 1. The van der Waals surface area contributed by atoms with E-state index in [0.717, 1.165) is 10.8 Å². The average Bonchev–Trinajstić information content (AvgIpc) is 2.37. The van der Waals surface area contributed by atoms with Crippen LogP contribution in [0.3, 0.4) is 0 Å². The standard InChI is InChI=1S/C15H18FNSi/c1-11-10-17-14(9-15(11)18(2,3)4)12-5-7-13(16)8-6-12/h5-10H,1-4H3/i1D3. The highest BCUT2D eigenvalue weighted by Gasteiger charge is 2.19. The molecule has 0 spiro atoms. The summed E-state index contributed by atoms with van der Waals surface area (Å²) in [4.78, 5) is 4.26. The van der Waals surface area contributed by atoms with Crippen molar-refractivity contribution >= 4 is 13.3 Å². The van der Waals surface area contributed by atoms with Gasteiger partial charge in [-0.05, 0) is 42.7 Å². The third-order valence-corrected chi connectivity index (χ3v) is 4.88. The minimum Gasteiger partial charge on any atom is -0.256 e. The smallest absolute Gasteiger partial charge is 0.123 e. The third kappa shape index (κ3) is 2.67. The fourth-order valence-electron chi connectivity index (χ4n) is 1.85. The van der Waals surface area contributed by atoms with Crippen molar-refractivity contribution in [3.05, 3.63) is 47.9 Å². The number of hydrogen-bond donors (Lipinski definition) is 0. The molecule has 1 aromatic carbocycles. The van der Waals surface area contributed by atoms with E-state index in [4.69, 9.17) is 4.11 Å². The Hall–Kier alpha value is -1.48. The van der Waals surface area contributed by atoms with Gasteiger partial charge in [-0.1, -0.05) is 24.8 Å². The second-order valence-corrected chi connectivity index (χ2v) is 10.4. The lowest BCUT2D eigenvalue weighted by Crippen LogP contribution is -2.39. The molecule has 1 nitrogen and oxygen atoms in total. The van der Waals surface area contributed by atoms with Gasteiger partial charge in [0.1, 0.15) is 5.82 Å². The van der Waals surface area contributed by atoms with Crippen LogP contribution in [0.2, 0.25) is 19.6 Å². The van der Waals surface area contributed by atoms with Gasteiger partial charge in [-0.15, -0.1) is 0 Å². The molecule has 0 saturated carbocycles. The molecule has 0 N–H and O–H groups in total. The van der Waals surface area contributed by atoms with Crippen LogP contribution in [0.25, 0.3) is 11.3 Å². The van der Waals surface area contributed by atoms with Crippen molar-refractivity contribution in [1.82, 2.24) is 4.98 Å². The molecule has 0 aliphatic rings. The summed E-state index contributed by atoms with van der Waals surface area (Å²) in [6, 6.07) is 7.91. The van der Waals surface area contributed by atoms with E-state index in [1.54, 1.807) is 12.1 Å². The number of aryl methyl sites for hydroxylation is 1. The summed E-state index contributed by atoms with van der Waals surface area (Å²) in [6.07, 6.45) is 1.44. The largest absolute Gasteiger partial charge is 0.256 e. The zero-order valence-electron chi connectivity index (χ0n) is 13.8. The molecular formula is C15H18FNSi. The normalized spacial score (nSPS) is 14.8. The minimum atomic E-state index is -2.16. The zero-order valence-corrected chi connectivity index (χ0v) is 11.8. The van der Waals surface area contributed by atoms with Crippen molar-refractivity contribution in [1.29, 1.82) is 0 Å². The van der Waals surface area contributed by atoms with Crippen molar-refractivity contribution in [2.45, 2.75) is 26.5 Å². The van der Waals surface area contributed by atoms with Gasteiger partial charge < -0.3 is 0 Å². The van der Waals surface area contributed by atoms with E-state index < -0.39 is 14.9 Å². The van der Waals surface area contributed by atoms with Crippen LogP contribution in [0.1, 0.15) is 9.68 Å². The minimum absolute atomic E-state index is 0.303. The van der Waals surface area contributed by atoms with Crippen LogP contribution >= 0.6 is 0 Å². The molecule has 0 unspecified atom stereocenters. The molecular weight excluding hydrogens is 241 g/mol. The molecule has 3 heteroatoms. The molecule has 0 fully saturated rings. The van der Waals surface area contributed by atoms with Crippen LogP contribution in [0.15, 0.2) is 36.5 Å². The third-order valence-electron chi connectivity index (χ3n) is 2.85. The van der Waals surface area contributed by atoms with Crippen molar-refractivity contribution in [2.75, 3.05) is 0 Å². The molecule has 94 valence electrons. The molecule has 0 aliphatic carbocycles. The van der Waals surface area contributed by atoms with Gasteiger partial charge in [0, 0.05) is 15.9 Å². The molecule has 0 radical (unpaired) electrons.